The van der Waals surface area contributed by atoms with Crippen LogP contribution in [0.1, 0.15) is 38.4 Å². The monoisotopic (exact) mass is 402 g/mol. The van der Waals surface area contributed by atoms with Gasteiger partial charge in [-0.25, -0.2) is 0 Å². The Balaban J connectivity index is 1.76. The molecule has 0 spiro atoms. The van der Waals surface area contributed by atoms with Gasteiger partial charge in [0.15, 0.2) is 0 Å². The summed E-state index contributed by atoms with van der Waals surface area (Å²) in [6.07, 6.45) is 5.81. The summed E-state index contributed by atoms with van der Waals surface area (Å²) in [5, 5.41) is 13.3. The van der Waals surface area contributed by atoms with E-state index in [4.69, 9.17) is 27.6 Å². The molecule has 0 bridgehead atoms. The molecule has 0 radical (unpaired) electrons. The van der Waals surface area contributed by atoms with E-state index in [0.717, 1.165) is 24.8 Å². The van der Waals surface area contributed by atoms with Crippen molar-refractivity contribution in [2.75, 3.05) is 0 Å². The summed E-state index contributed by atoms with van der Waals surface area (Å²) in [6, 6.07) is 10.8. The summed E-state index contributed by atoms with van der Waals surface area (Å²) in [7, 11) is 0. The number of hydrogen-bond donors (Lipinski definition) is 1. The zero-order valence-corrected chi connectivity index (χ0v) is 16.5. The van der Waals surface area contributed by atoms with Gasteiger partial charge in [0.1, 0.15) is 23.2 Å². The molecule has 27 heavy (non-hydrogen) atoms. The van der Waals surface area contributed by atoms with Crippen LogP contribution in [-0.4, -0.2) is 11.9 Å². The van der Waals surface area contributed by atoms with Crippen molar-refractivity contribution in [1.29, 1.82) is 5.26 Å². The van der Waals surface area contributed by atoms with Crippen LogP contribution in [0.4, 0.5) is 0 Å². The maximum absolute atomic E-state index is 12.5. The zero-order chi connectivity index (χ0) is 19.4. The number of nitrogens with zero attached hydrogens (tertiary/aromatic N) is 1. The number of furan rings is 1. The lowest BCUT2D eigenvalue weighted by Gasteiger charge is -2.29. The third-order valence-electron chi connectivity index (χ3n) is 4.91. The van der Waals surface area contributed by atoms with Crippen molar-refractivity contribution < 1.29 is 9.21 Å². The number of benzene rings is 1. The molecule has 4 nitrogen and oxygen atoms in total. The second kappa shape index (κ2) is 8.65. The third kappa shape index (κ3) is 4.74. The second-order valence-electron chi connectivity index (χ2n) is 6.84. The molecule has 1 fully saturated rings. The molecule has 1 aromatic carbocycles. The number of hydrogen-bond acceptors (Lipinski definition) is 3. The molecule has 1 aromatic heterocycles. The average molecular weight is 403 g/mol. The number of nitriles is 1. The van der Waals surface area contributed by atoms with Crippen LogP contribution < -0.4 is 5.32 Å². The van der Waals surface area contributed by atoms with Crippen molar-refractivity contribution in [1.82, 2.24) is 5.32 Å². The molecular weight excluding hydrogens is 383 g/mol. The van der Waals surface area contributed by atoms with Gasteiger partial charge in [0, 0.05) is 17.7 Å². The Morgan fingerprint density at radius 2 is 2.00 bits per heavy atom. The summed E-state index contributed by atoms with van der Waals surface area (Å²) < 4.78 is 5.75. The maximum Gasteiger partial charge on any atom is 0.262 e. The highest BCUT2D eigenvalue weighted by Gasteiger charge is 2.24. The first-order chi connectivity index (χ1) is 13.0. The van der Waals surface area contributed by atoms with Gasteiger partial charge in [-0.05, 0) is 49.1 Å². The highest BCUT2D eigenvalue weighted by atomic mass is 35.5. The van der Waals surface area contributed by atoms with Crippen LogP contribution in [0.2, 0.25) is 10.0 Å². The number of rotatable bonds is 4. The van der Waals surface area contributed by atoms with E-state index < -0.39 is 0 Å². The molecule has 0 saturated heterocycles. The topological polar surface area (TPSA) is 66.0 Å². The van der Waals surface area contributed by atoms with Crippen molar-refractivity contribution in [2.24, 2.45) is 5.92 Å². The first-order valence-corrected chi connectivity index (χ1v) is 9.71. The SMILES string of the molecule is C[C@@H]1CCCC[C@@H]1NC(=O)/C(C#N)=C/c1ccc(-c2ccc(Cl)c(Cl)c2)o1. The van der Waals surface area contributed by atoms with E-state index in [1.807, 2.05) is 6.07 Å². The van der Waals surface area contributed by atoms with E-state index in [2.05, 4.69) is 12.2 Å². The van der Waals surface area contributed by atoms with Crippen molar-refractivity contribution in [2.45, 2.75) is 38.6 Å². The van der Waals surface area contributed by atoms with Crippen LogP contribution in [0.25, 0.3) is 17.4 Å². The highest BCUT2D eigenvalue weighted by molar-refractivity contribution is 6.42. The Labute approximate surface area is 168 Å². The fraction of sp³-hybridized carbons (Fsp3) is 0.333. The van der Waals surface area contributed by atoms with Crippen LogP contribution in [0.15, 0.2) is 40.3 Å². The first kappa shape index (κ1) is 19.5. The molecule has 1 amide bonds. The summed E-state index contributed by atoms with van der Waals surface area (Å²) in [4.78, 5) is 12.5. The van der Waals surface area contributed by atoms with E-state index >= 15 is 0 Å². The molecular formula is C21H20Cl2N2O2. The molecule has 1 aliphatic rings. The molecule has 140 valence electrons. The Morgan fingerprint density at radius 3 is 2.70 bits per heavy atom. The molecule has 2 aromatic rings. The number of carbonyl (C=O) groups excluding carboxylic acids is 1. The van der Waals surface area contributed by atoms with E-state index in [-0.39, 0.29) is 17.5 Å². The van der Waals surface area contributed by atoms with E-state index in [1.54, 1.807) is 30.3 Å². The fourth-order valence-electron chi connectivity index (χ4n) is 3.30. The van der Waals surface area contributed by atoms with Gasteiger partial charge in [-0.3, -0.25) is 4.79 Å². The van der Waals surface area contributed by atoms with Crippen LogP contribution in [-0.2, 0) is 4.79 Å². The van der Waals surface area contributed by atoms with E-state index in [1.165, 1.54) is 12.5 Å². The largest absolute Gasteiger partial charge is 0.457 e. The number of nitrogens with one attached hydrogen (secondary N) is 1. The maximum atomic E-state index is 12.5. The van der Waals surface area contributed by atoms with Crippen LogP contribution in [0, 0.1) is 17.2 Å². The van der Waals surface area contributed by atoms with Gasteiger partial charge >= 0.3 is 0 Å². The van der Waals surface area contributed by atoms with Crippen molar-refractivity contribution in [3.63, 3.8) is 0 Å². The van der Waals surface area contributed by atoms with Crippen molar-refractivity contribution >= 4 is 35.2 Å². The Kier molecular flexibility index (Phi) is 6.26. The summed E-state index contributed by atoms with van der Waals surface area (Å²) in [6.45, 7) is 2.13. The van der Waals surface area contributed by atoms with Gasteiger partial charge in [0.25, 0.3) is 5.91 Å². The number of carbonyl (C=O) groups is 1. The summed E-state index contributed by atoms with van der Waals surface area (Å²) >= 11 is 12.0. The van der Waals surface area contributed by atoms with Gasteiger partial charge in [0.05, 0.1) is 10.0 Å². The third-order valence-corrected chi connectivity index (χ3v) is 5.65. The lowest BCUT2D eigenvalue weighted by Crippen LogP contribution is -2.41. The minimum atomic E-state index is -0.358. The molecule has 1 saturated carbocycles. The second-order valence-corrected chi connectivity index (χ2v) is 7.66. The minimum Gasteiger partial charge on any atom is -0.457 e. The fourth-order valence-corrected chi connectivity index (χ4v) is 3.60. The predicted molar refractivity (Wildman–Crippen MR) is 107 cm³/mol. The Hall–Kier alpha value is -2.22. The normalized spacial score (nSPS) is 20.1. The van der Waals surface area contributed by atoms with Crippen molar-refractivity contribution in [3.05, 3.63) is 51.7 Å². The van der Waals surface area contributed by atoms with Crippen LogP contribution in [0.5, 0.6) is 0 Å². The molecule has 0 aliphatic heterocycles. The van der Waals surface area contributed by atoms with E-state index in [0.29, 0.717) is 27.5 Å². The lowest BCUT2D eigenvalue weighted by molar-refractivity contribution is -0.118. The predicted octanol–water partition coefficient (Wildman–Crippen LogP) is 5.86. The summed E-state index contributed by atoms with van der Waals surface area (Å²) in [5.74, 6) is 1.08. The van der Waals surface area contributed by atoms with Crippen LogP contribution >= 0.6 is 23.2 Å². The van der Waals surface area contributed by atoms with E-state index in [9.17, 15) is 10.1 Å². The molecule has 2 atom stereocenters. The van der Waals surface area contributed by atoms with Crippen molar-refractivity contribution in [3.8, 4) is 17.4 Å². The molecule has 6 heteroatoms. The van der Waals surface area contributed by atoms with Gasteiger partial charge in [0.2, 0.25) is 0 Å². The molecule has 1 heterocycles. The average Bonchev–Trinajstić information content (AvgIpc) is 3.12. The van der Waals surface area contributed by atoms with Gasteiger partial charge in [-0.1, -0.05) is 43.0 Å². The first-order valence-electron chi connectivity index (χ1n) is 8.96. The summed E-state index contributed by atoms with van der Waals surface area (Å²) in [5.41, 5.74) is 0.797. The molecule has 0 unspecified atom stereocenters. The molecule has 1 aliphatic carbocycles. The minimum absolute atomic E-state index is 0.0304. The van der Waals surface area contributed by atoms with Crippen LogP contribution in [0.3, 0.4) is 0 Å². The highest BCUT2D eigenvalue weighted by Crippen LogP contribution is 2.30. The number of amides is 1. The smallest absolute Gasteiger partial charge is 0.262 e. The Morgan fingerprint density at radius 1 is 1.22 bits per heavy atom. The lowest BCUT2D eigenvalue weighted by atomic mass is 9.86. The zero-order valence-electron chi connectivity index (χ0n) is 15.0. The van der Waals surface area contributed by atoms with Gasteiger partial charge < -0.3 is 9.73 Å². The number of halogens is 2. The molecule has 3 rings (SSSR count). The van der Waals surface area contributed by atoms with Gasteiger partial charge in [-0.15, -0.1) is 0 Å². The molecule has 1 N–H and O–H groups in total. The quantitative estimate of drug-likeness (QED) is 0.514. The standard InChI is InChI=1S/C21H20Cl2N2O2/c1-13-4-2-3-5-19(13)25-21(26)15(12-24)10-16-7-9-20(27-16)14-6-8-17(22)18(23)11-14/h6-11,13,19H,2-5H2,1H3,(H,25,26)/b15-10+/t13-,19+/m1/s1. The van der Waals surface area contributed by atoms with Gasteiger partial charge in [-0.2, -0.15) is 5.26 Å². The Bertz CT molecular complexity index is 911.